The highest BCUT2D eigenvalue weighted by Crippen LogP contribution is 2.36. The van der Waals surface area contributed by atoms with E-state index in [0.717, 1.165) is 25.9 Å². The molecule has 1 saturated heterocycles. The van der Waals surface area contributed by atoms with Crippen LogP contribution in [-0.4, -0.2) is 75.2 Å². The van der Waals surface area contributed by atoms with Crippen molar-refractivity contribution in [2.24, 2.45) is 0 Å². The van der Waals surface area contributed by atoms with Crippen molar-refractivity contribution in [3.63, 3.8) is 0 Å². The van der Waals surface area contributed by atoms with Gasteiger partial charge in [0.1, 0.15) is 0 Å². The third-order valence-corrected chi connectivity index (χ3v) is 6.45. The number of carbonyl (C=O) groups is 1. The van der Waals surface area contributed by atoms with E-state index in [-0.39, 0.29) is 42.0 Å². The summed E-state index contributed by atoms with van der Waals surface area (Å²) in [6.07, 6.45) is 4.46. The van der Waals surface area contributed by atoms with Gasteiger partial charge >= 0.3 is 6.18 Å². The molecule has 0 atom stereocenters. The lowest BCUT2D eigenvalue weighted by Crippen LogP contribution is -2.40. The number of aliphatic hydroxyl groups is 1. The molecule has 0 saturated carbocycles. The van der Waals surface area contributed by atoms with Gasteiger partial charge in [-0.3, -0.25) is 9.48 Å². The molecule has 3 rings (SSSR count). The lowest BCUT2D eigenvalue weighted by Gasteiger charge is -2.31. The summed E-state index contributed by atoms with van der Waals surface area (Å²) in [5, 5.41) is 20.1. The van der Waals surface area contributed by atoms with Crippen LogP contribution in [0.1, 0.15) is 59.6 Å². The third-order valence-electron chi connectivity index (χ3n) is 6.45. The number of piperidine rings is 1. The fourth-order valence-electron chi connectivity index (χ4n) is 4.35. The van der Waals surface area contributed by atoms with Crippen LogP contribution in [0, 0.1) is 0 Å². The van der Waals surface area contributed by atoms with Crippen molar-refractivity contribution in [1.29, 1.82) is 0 Å². The molecule has 1 aliphatic rings. The molecular formula is C29H37F3N6O2. The first-order valence-corrected chi connectivity index (χ1v) is 13.0. The fourth-order valence-corrected chi connectivity index (χ4v) is 4.35. The Balaban J connectivity index is 1.80. The van der Waals surface area contributed by atoms with E-state index in [1.165, 1.54) is 29.2 Å². The van der Waals surface area contributed by atoms with E-state index in [0.29, 0.717) is 16.8 Å². The summed E-state index contributed by atoms with van der Waals surface area (Å²) in [5.41, 5.74) is -0.702. The van der Waals surface area contributed by atoms with Crippen LogP contribution in [0.15, 0.2) is 44.3 Å². The summed E-state index contributed by atoms with van der Waals surface area (Å²) in [5.74, 6) is -0.385. The van der Waals surface area contributed by atoms with Crippen molar-refractivity contribution in [3.8, 4) is 0 Å². The molecule has 11 heteroatoms. The average Bonchev–Trinajstić information content (AvgIpc) is 3.33. The summed E-state index contributed by atoms with van der Waals surface area (Å²) >= 11 is 0. The van der Waals surface area contributed by atoms with Gasteiger partial charge in [0.05, 0.1) is 40.9 Å². The molecule has 1 amide bonds. The van der Waals surface area contributed by atoms with Gasteiger partial charge in [-0.1, -0.05) is 31.9 Å². The number of allylic oxidation sites excluding steroid dienone is 1. The van der Waals surface area contributed by atoms with E-state index in [1.807, 2.05) is 7.05 Å². The van der Waals surface area contributed by atoms with E-state index >= 15 is 0 Å². The van der Waals surface area contributed by atoms with Crippen LogP contribution < -0.4 is 10.6 Å². The molecule has 0 aromatic carbocycles. The van der Waals surface area contributed by atoms with Gasteiger partial charge in [-0.2, -0.15) is 18.3 Å². The molecule has 0 bridgehead atoms. The maximum atomic E-state index is 13.7. The SMILES string of the molecule is C=Cc1c(C(=C)NC2CCN(C)CC2)cc(/C=C/CNC(=O)c2cnn(CC(C)(C)O)c2)nc1C(=C)C(F)(F)F. The number of amides is 1. The smallest absolute Gasteiger partial charge is 0.389 e. The number of nitrogens with zero attached hydrogens (tertiary/aromatic N) is 4. The Hall–Kier alpha value is -3.70. The van der Waals surface area contributed by atoms with Crippen LogP contribution >= 0.6 is 0 Å². The van der Waals surface area contributed by atoms with Gasteiger partial charge in [-0.05, 0) is 59.0 Å². The zero-order valence-corrected chi connectivity index (χ0v) is 23.2. The molecule has 0 aliphatic carbocycles. The Labute approximate surface area is 233 Å². The second-order valence-corrected chi connectivity index (χ2v) is 10.6. The molecule has 2 aromatic rings. The van der Waals surface area contributed by atoms with Crippen molar-refractivity contribution < 1.29 is 23.1 Å². The van der Waals surface area contributed by atoms with Crippen LogP contribution in [0.2, 0.25) is 0 Å². The fraction of sp³-hybridized carbons (Fsp3) is 0.414. The van der Waals surface area contributed by atoms with Crippen molar-refractivity contribution in [3.05, 3.63) is 72.4 Å². The Morgan fingerprint density at radius 3 is 2.52 bits per heavy atom. The number of alkyl halides is 3. The van der Waals surface area contributed by atoms with Gasteiger partial charge in [0.25, 0.3) is 5.91 Å². The largest absolute Gasteiger partial charge is 0.417 e. The van der Waals surface area contributed by atoms with Gasteiger partial charge in [0.15, 0.2) is 0 Å². The minimum absolute atomic E-state index is 0.0973. The summed E-state index contributed by atoms with van der Waals surface area (Å²) in [7, 11) is 2.05. The highest BCUT2D eigenvalue weighted by Gasteiger charge is 2.35. The maximum absolute atomic E-state index is 13.7. The van der Waals surface area contributed by atoms with E-state index < -0.39 is 17.4 Å². The predicted octanol–water partition coefficient (Wildman–Crippen LogP) is 4.37. The van der Waals surface area contributed by atoms with E-state index in [2.05, 4.69) is 45.4 Å². The van der Waals surface area contributed by atoms with Gasteiger partial charge < -0.3 is 20.6 Å². The monoisotopic (exact) mass is 558 g/mol. The van der Waals surface area contributed by atoms with Gasteiger partial charge in [-0.25, -0.2) is 4.98 Å². The lowest BCUT2D eigenvalue weighted by atomic mass is 9.97. The Morgan fingerprint density at radius 2 is 1.93 bits per heavy atom. The number of pyridine rings is 1. The molecule has 1 fully saturated rings. The van der Waals surface area contributed by atoms with Crippen LogP contribution in [0.4, 0.5) is 13.2 Å². The Morgan fingerprint density at radius 1 is 1.25 bits per heavy atom. The first kappa shape index (κ1) is 30.8. The molecule has 1 aliphatic heterocycles. The first-order chi connectivity index (χ1) is 18.7. The summed E-state index contributed by atoms with van der Waals surface area (Å²) in [6, 6.07) is 1.79. The van der Waals surface area contributed by atoms with Crippen molar-refractivity contribution >= 4 is 29.3 Å². The minimum Gasteiger partial charge on any atom is -0.389 e. The molecule has 216 valence electrons. The number of likely N-dealkylation sites (tertiary alicyclic amines) is 1. The van der Waals surface area contributed by atoms with Crippen molar-refractivity contribution in [2.45, 2.75) is 51.1 Å². The molecule has 0 unspecified atom stereocenters. The van der Waals surface area contributed by atoms with E-state index in [9.17, 15) is 23.1 Å². The molecule has 40 heavy (non-hydrogen) atoms. The lowest BCUT2D eigenvalue weighted by molar-refractivity contribution is -0.0689. The number of rotatable bonds is 11. The Kier molecular flexibility index (Phi) is 9.75. The molecule has 0 radical (unpaired) electrons. The molecule has 8 nitrogen and oxygen atoms in total. The summed E-state index contributed by atoms with van der Waals surface area (Å²) in [6.45, 7) is 16.5. The highest BCUT2D eigenvalue weighted by atomic mass is 19.4. The molecule has 2 aromatic heterocycles. The highest BCUT2D eigenvalue weighted by molar-refractivity contribution is 5.93. The molecule has 3 N–H and O–H groups in total. The van der Waals surface area contributed by atoms with Crippen LogP contribution in [0.3, 0.4) is 0 Å². The van der Waals surface area contributed by atoms with E-state index in [1.54, 1.807) is 26.0 Å². The zero-order chi connectivity index (χ0) is 29.7. The van der Waals surface area contributed by atoms with Crippen LogP contribution in [-0.2, 0) is 6.54 Å². The molecule has 0 spiro atoms. The van der Waals surface area contributed by atoms with Gasteiger partial charge in [-0.15, -0.1) is 0 Å². The summed E-state index contributed by atoms with van der Waals surface area (Å²) in [4.78, 5) is 18.9. The Bertz CT molecular complexity index is 1280. The number of halogens is 3. The molecular weight excluding hydrogens is 521 g/mol. The normalized spacial score (nSPS) is 15.3. The number of aromatic nitrogens is 3. The number of hydrogen-bond donors (Lipinski definition) is 3. The number of nitrogens with one attached hydrogen (secondary N) is 2. The van der Waals surface area contributed by atoms with Gasteiger partial charge in [0, 0.05) is 35.6 Å². The van der Waals surface area contributed by atoms with Crippen LogP contribution in [0.5, 0.6) is 0 Å². The predicted molar refractivity (Wildman–Crippen MR) is 152 cm³/mol. The molecule has 3 heterocycles. The quantitative estimate of drug-likeness (QED) is 0.379. The van der Waals surface area contributed by atoms with Crippen molar-refractivity contribution in [1.82, 2.24) is 30.3 Å². The van der Waals surface area contributed by atoms with Gasteiger partial charge in [0.2, 0.25) is 0 Å². The van der Waals surface area contributed by atoms with Crippen LogP contribution in [0.25, 0.3) is 23.4 Å². The number of hydrogen-bond acceptors (Lipinski definition) is 6. The topological polar surface area (TPSA) is 95.3 Å². The second-order valence-electron chi connectivity index (χ2n) is 10.6. The zero-order valence-electron chi connectivity index (χ0n) is 23.2. The minimum atomic E-state index is -4.68. The first-order valence-electron chi connectivity index (χ1n) is 13.0. The second kappa shape index (κ2) is 12.6. The number of carbonyl (C=O) groups excluding carboxylic acids is 1. The third kappa shape index (κ3) is 8.40. The maximum Gasteiger partial charge on any atom is 0.417 e. The average molecular weight is 559 g/mol. The van der Waals surface area contributed by atoms with E-state index in [4.69, 9.17) is 0 Å². The standard InChI is InChI=1S/C29H37F3N6O2/c1-7-24-25(20(3)35-22-10-13-37(6)14-11-22)15-23(36-26(24)19(2)29(30,31)32)9-8-12-33-27(39)21-16-34-38(17-21)18-28(4,5)40/h7-9,15-17,22,35,40H,1-3,10-14,18H2,4-6H3,(H,33,39)/b9-8+. The van der Waals surface area contributed by atoms with Crippen molar-refractivity contribution in [2.75, 3.05) is 26.7 Å². The summed E-state index contributed by atoms with van der Waals surface area (Å²) < 4.78 is 42.5.